The Morgan fingerprint density at radius 2 is 2.07 bits per heavy atom. The number of rotatable bonds is 5. The first-order valence-corrected chi connectivity index (χ1v) is 8.56. The molecule has 3 aliphatic rings. The van der Waals surface area contributed by atoms with E-state index in [0.29, 0.717) is 0 Å². The zero-order chi connectivity index (χ0) is 20.5. The van der Waals surface area contributed by atoms with Gasteiger partial charge in [-0.3, -0.25) is 29.3 Å². The highest BCUT2D eigenvalue weighted by atomic mass is 16.7. The van der Waals surface area contributed by atoms with Gasteiger partial charge in [-0.25, -0.2) is 10.1 Å². The van der Waals surface area contributed by atoms with Crippen molar-refractivity contribution in [2.75, 3.05) is 13.2 Å². The molecule has 1 fully saturated rings. The molecule has 12 heteroatoms. The lowest BCUT2D eigenvalue weighted by Crippen LogP contribution is -2.90. The normalized spacial score (nSPS) is 33.2. The fraction of sp³-hybridized carbons (Fsp3) is 0.625. The number of nitrogens with one attached hydrogen (secondary N) is 2. The van der Waals surface area contributed by atoms with Gasteiger partial charge in [-0.15, -0.1) is 0 Å². The van der Waals surface area contributed by atoms with E-state index in [4.69, 9.17) is 18.9 Å². The Morgan fingerprint density at radius 1 is 1.32 bits per heavy atom. The van der Waals surface area contributed by atoms with Crippen LogP contribution in [0.25, 0.3) is 0 Å². The van der Waals surface area contributed by atoms with Crippen LogP contribution in [-0.2, 0) is 38.1 Å². The number of hydrogen-bond acceptors (Lipinski definition) is 10. The van der Waals surface area contributed by atoms with Crippen LogP contribution in [0.15, 0.2) is 4.99 Å². The third-order valence-electron chi connectivity index (χ3n) is 4.48. The summed E-state index contributed by atoms with van der Waals surface area (Å²) in [6.45, 7) is 3.21. The number of esters is 3. The number of aliphatic imine (C=N–C) groups is 1. The average molecular weight is 397 g/mol. The molecule has 0 aromatic rings. The van der Waals surface area contributed by atoms with Crippen molar-refractivity contribution in [3.05, 3.63) is 0 Å². The summed E-state index contributed by atoms with van der Waals surface area (Å²) in [5.74, 6) is -2.19. The number of amides is 1. The van der Waals surface area contributed by atoms with E-state index in [2.05, 4.69) is 15.3 Å². The zero-order valence-electron chi connectivity index (χ0n) is 15.5. The lowest BCUT2D eigenvalue weighted by atomic mass is 10.0. The van der Waals surface area contributed by atoms with Gasteiger partial charge in [0.15, 0.2) is 6.10 Å². The molecule has 1 saturated heterocycles. The Balaban J connectivity index is 1.98. The summed E-state index contributed by atoms with van der Waals surface area (Å²) in [6, 6.07) is -0.803. The minimum Gasteiger partial charge on any atom is -0.463 e. The van der Waals surface area contributed by atoms with Crippen molar-refractivity contribution in [2.45, 2.75) is 50.9 Å². The van der Waals surface area contributed by atoms with Gasteiger partial charge in [0, 0.05) is 20.8 Å². The Bertz CT molecular complexity index is 753. The molecule has 3 rings (SSSR count). The molecular weight excluding hydrogens is 376 g/mol. The number of nitrogens with zero attached hydrogens (tertiary/aromatic N) is 2. The van der Waals surface area contributed by atoms with E-state index in [1.807, 2.05) is 0 Å². The van der Waals surface area contributed by atoms with Crippen molar-refractivity contribution in [3.63, 3.8) is 0 Å². The van der Waals surface area contributed by atoms with Crippen molar-refractivity contribution >= 4 is 36.5 Å². The van der Waals surface area contributed by atoms with Gasteiger partial charge in [-0.1, -0.05) is 0 Å². The van der Waals surface area contributed by atoms with Gasteiger partial charge in [0.05, 0.1) is 6.34 Å². The van der Waals surface area contributed by atoms with E-state index in [9.17, 15) is 19.2 Å². The molecular formula is C16H21N4O8+. The molecule has 0 aromatic heterocycles. The standard InChI is InChI=1S/C16H20N4O8/c1-8(21)25-4-11-13(27-9(2)22)16(5-26-11,28-10(3)23)20-7-19-12-14(20)17-6-18-15(12)24/h6-7,11-14H,4-5H2,1-3H3,(H,17,18,24)/p+1/t11-,12+,13-,14+,16-/m0/s1. The van der Waals surface area contributed by atoms with E-state index in [1.165, 1.54) is 38.3 Å². The van der Waals surface area contributed by atoms with Crippen LogP contribution in [0.1, 0.15) is 20.8 Å². The molecule has 0 aliphatic carbocycles. The average Bonchev–Trinajstić information content (AvgIpc) is 3.16. The Labute approximate surface area is 159 Å². The molecule has 12 nitrogen and oxygen atoms in total. The molecule has 0 aromatic carbocycles. The second-order valence-electron chi connectivity index (χ2n) is 6.50. The summed E-state index contributed by atoms with van der Waals surface area (Å²) < 4.78 is 21.7. The lowest BCUT2D eigenvalue weighted by molar-refractivity contribution is -0.535. The smallest absolute Gasteiger partial charge is 0.338 e. The van der Waals surface area contributed by atoms with Gasteiger partial charge in [0.2, 0.25) is 18.5 Å². The summed E-state index contributed by atoms with van der Waals surface area (Å²) in [5, 5.41) is 2.51. The van der Waals surface area contributed by atoms with Gasteiger partial charge in [-0.2, -0.15) is 0 Å². The maximum atomic E-state index is 12.1. The first-order chi connectivity index (χ1) is 13.2. The van der Waals surface area contributed by atoms with E-state index >= 15 is 0 Å². The van der Waals surface area contributed by atoms with Crippen LogP contribution in [0.4, 0.5) is 0 Å². The minimum atomic E-state index is -1.61. The molecule has 3 heterocycles. The van der Waals surface area contributed by atoms with E-state index in [-0.39, 0.29) is 19.1 Å². The Morgan fingerprint density at radius 3 is 2.71 bits per heavy atom. The largest absolute Gasteiger partial charge is 0.463 e. The number of carbonyl (C=O) groups excluding carboxylic acids is 4. The topological polar surface area (TPSA) is 147 Å². The highest BCUT2D eigenvalue weighted by molar-refractivity contribution is 5.93. The van der Waals surface area contributed by atoms with Gasteiger partial charge < -0.3 is 18.9 Å². The van der Waals surface area contributed by atoms with Crippen molar-refractivity contribution in [1.82, 2.24) is 10.2 Å². The summed E-state index contributed by atoms with van der Waals surface area (Å²) in [7, 11) is 0. The van der Waals surface area contributed by atoms with Gasteiger partial charge in [0.25, 0.3) is 5.72 Å². The fourth-order valence-corrected chi connectivity index (χ4v) is 3.43. The molecule has 3 aliphatic heterocycles. The molecule has 152 valence electrons. The van der Waals surface area contributed by atoms with Crippen LogP contribution in [0.2, 0.25) is 0 Å². The molecule has 2 N–H and O–H groups in total. The van der Waals surface area contributed by atoms with E-state index in [1.54, 1.807) is 0 Å². The molecule has 0 saturated carbocycles. The van der Waals surface area contributed by atoms with E-state index in [0.717, 1.165) is 0 Å². The van der Waals surface area contributed by atoms with Crippen LogP contribution in [0.5, 0.6) is 0 Å². The van der Waals surface area contributed by atoms with Crippen LogP contribution in [0.3, 0.4) is 0 Å². The predicted octanol–water partition coefficient (Wildman–Crippen LogP) is -3.58. The summed E-state index contributed by atoms with van der Waals surface area (Å²) in [4.78, 5) is 55.5. The highest BCUT2D eigenvalue weighted by Gasteiger charge is 2.63. The van der Waals surface area contributed by atoms with Gasteiger partial charge in [-0.05, 0) is 0 Å². The number of hydrogen-bond donors (Lipinski definition) is 2. The molecule has 5 atom stereocenters. The second kappa shape index (κ2) is 7.54. The minimum absolute atomic E-state index is 0.199. The maximum Gasteiger partial charge on any atom is 0.338 e. The van der Waals surface area contributed by atoms with Crippen LogP contribution in [-0.4, -0.2) is 84.7 Å². The SMILES string of the molecule is CC(=O)OC[C@@H]1OC[C@@](OC(C)=O)(N2C=N[C@H]3C(=O)NC=[NH+][C@@H]32)[C@H]1OC(C)=O. The highest BCUT2D eigenvalue weighted by Crippen LogP contribution is 2.37. The summed E-state index contributed by atoms with van der Waals surface area (Å²) in [5.41, 5.74) is -1.61. The van der Waals surface area contributed by atoms with Crippen LogP contribution >= 0.6 is 0 Å². The number of carbonyl (C=O) groups is 4. The van der Waals surface area contributed by atoms with Crippen molar-refractivity contribution in [1.29, 1.82) is 0 Å². The molecule has 28 heavy (non-hydrogen) atoms. The number of fused-ring (bicyclic) bond motifs is 1. The third-order valence-corrected chi connectivity index (χ3v) is 4.48. The fourth-order valence-electron chi connectivity index (χ4n) is 3.43. The first kappa shape index (κ1) is 19.7. The van der Waals surface area contributed by atoms with Crippen molar-refractivity contribution in [2.24, 2.45) is 4.99 Å². The zero-order valence-corrected chi connectivity index (χ0v) is 15.5. The Kier molecular flexibility index (Phi) is 5.31. The number of ether oxygens (including phenoxy) is 4. The predicted molar refractivity (Wildman–Crippen MR) is 89.5 cm³/mol. The third kappa shape index (κ3) is 3.54. The molecule has 0 spiro atoms. The summed E-state index contributed by atoms with van der Waals surface area (Å²) in [6.07, 6.45) is -0.0222. The first-order valence-electron chi connectivity index (χ1n) is 8.56. The van der Waals surface area contributed by atoms with Crippen molar-refractivity contribution < 1.29 is 43.1 Å². The molecule has 0 radical (unpaired) electrons. The summed E-state index contributed by atoms with van der Waals surface area (Å²) >= 11 is 0. The van der Waals surface area contributed by atoms with Crippen LogP contribution in [0, 0.1) is 0 Å². The quantitative estimate of drug-likeness (QED) is 0.355. The molecule has 1 amide bonds. The second-order valence-corrected chi connectivity index (χ2v) is 6.50. The Hall–Kier alpha value is -3.02. The van der Waals surface area contributed by atoms with Crippen molar-refractivity contribution in [3.8, 4) is 0 Å². The monoisotopic (exact) mass is 397 g/mol. The molecule has 0 bridgehead atoms. The maximum absolute atomic E-state index is 12.1. The lowest BCUT2D eigenvalue weighted by Gasteiger charge is -2.41. The van der Waals surface area contributed by atoms with E-state index < -0.39 is 48.0 Å². The van der Waals surface area contributed by atoms with Gasteiger partial charge >= 0.3 is 23.8 Å². The molecule has 0 unspecified atom stereocenters. The van der Waals surface area contributed by atoms with Gasteiger partial charge in [0.1, 0.15) is 19.3 Å². The van der Waals surface area contributed by atoms with Crippen LogP contribution < -0.4 is 10.3 Å².